The summed E-state index contributed by atoms with van der Waals surface area (Å²) in [5.41, 5.74) is 2.23. The van der Waals surface area contributed by atoms with E-state index < -0.39 is 12.1 Å². The van der Waals surface area contributed by atoms with Crippen LogP contribution in [0.2, 0.25) is 0 Å². The first kappa shape index (κ1) is 18.5. The molecule has 0 aliphatic carbocycles. The van der Waals surface area contributed by atoms with Crippen LogP contribution in [0.3, 0.4) is 0 Å². The zero-order chi connectivity index (χ0) is 17.2. The first-order chi connectivity index (χ1) is 10.9. The Morgan fingerprint density at radius 2 is 1.83 bits per heavy atom. The third-order valence-electron chi connectivity index (χ3n) is 2.73. The lowest BCUT2D eigenvalue weighted by Gasteiger charge is -2.11. The second-order valence-corrected chi connectivity index (χ2v) is 5.42. The molecule has 2 N–H and O–H groups in total. The fourth-order valence-electron chi connectivity index (χ4n) is 1.65. The number of carbonyl (C=O) groups excluding carboxylic acids is 2. The first-order valence-electron chi connectivity index (χ1n) is 7.47. The molecule has 0 atom stereocenters. The standard InChI is InChI=1S/C17H24N2O4/c1-12(2)16(20)22-10-9-18-17(21)23-11-14-5-7-15(8-6-14)19-13(3)4/h5-8,13,19H,1,9-11H2,2-4H3,(H,18,21). The lowest BCUT2D eigenvalue weighted by atomic mass is 10.2. The summed E-state index contributed by atoms with van der Waals surface area (Å²) in [5, 5.41) is 5.78. The van der Waals surface area contributed by atoms with Crippen LogP contribution in [-0.2, 0) is 20.9 Å². The summed E-state index contributed by atoms with van der Waals surface area (Å²) in [6, 6.07) is 8.03. The number of rotatable bonds is 8. The van der Waals surface area contributed by atoms with Gasteiger partial charge in [-0.25, -0.2) is 9.59 Å². The predicted octanol–water partition coefficient (Wildman–Crippen LogP) is 2.85. The maximum Gasteiger partial charge on any atom is 0.407 e. The van der Waals surface area contributed by atoms with Crippen molar-refractivity contribution >= 4 is 17.7 Å². The van der Waals surface area contributed by atoms with Gasteiger partial charge in [-0.1, -0.05) is 18.7 Å². The van der Waals surface area contributed by atoms with Crippen LogP contribution < -0.4 is 10.6 Å². The van der Waals surface area contributed by atoms with Crippen molar-refractivity contribution in [2.45, 2.75) is 33.4 Å². The molecule has 0 radical (unpaired) electrons. The van der Waals surface area contributed by atoms with Crippen molar-refractivity contribution in [3.63, 3.8) is 0 Å². The van der Waals surface area contributed by atoms with Gasteiger partial charge in [-0.3, -0.25) is 0 Å². The third kappa shape index (κ3) is 7.90. The molecule has 0 unspecified atom stereocenters. The van der Waals surface area contributed by atoms with Gasteiger partial charge in [-0.2, -0.15) is 0 Å². The predicted molar refractivity (Wildman–Crippen MR) is 89.2 cm³/mol. The molecule has 0 aliphatic heterocycles. The van der Waals surface area contributed by atoms with Gasteiger partial charge in [0.05, 0.1) is 6.54 Å². The number of hydrogen-bond donors (Lipinski definition) is 2. The van der Waals surface area contributed by atoms with Crippen LogP contribution in [0.5, 0.6) is 0 Å². The molecule has 6 heteroatoms. The normalized spacial score (nSPS) is 10.1. The average molecular weight is 320 g/mol. The highest BCUT2D eigenvalue weighted by molar-refractivity contribution is 5.86. The smallest absolute Gasteiger partial charge is 0.407 e. The Labute approximate surface area is 136 Å². The van der Waals surface area contributed by atoms with Crippen LogP contribution in [0.4, 0.5) is 10.5 Å². The molecule has 0 saturated carbocycles. The summed E-state index contributed by atoms with van der Waals surface area (Å²) < 4.78 is 9.92. The Bertz CT molecular complexity index is 538. The van der Waals surface area contributed by atoms with Crippen molar-refractivity contribution < 1.29 is 19.1 Å². The molecule has 0 saturated heterocycles. The monoisotopic (exact) mass is 320 g/mol. The van der Waals surface area contributed by atoms with Crippen molar-refractivity contribution in [1.82, 2.24) is 5.32 Å². The summed E-state index contributed by atoms with van der Waals surface area (Å²) in [6.07, 6.45) is -0.555. The molecule has 6 nitrogen and oxygen atoms in total. The Balaban J connectivity index is 2.23. The summed E-state index contributed by atoms with van der Waals surface area (Å²) in [5.74, 6) is -0.477. The number of benzene rings is 1. The van der Waals surface area contributed by atoms with Crippen LogP contribution in [0.25, 0.3) is 0 Å². The molecule has 1 aromatic carbocycles. The van der Waals surface area contributed by atoms with Gasteiger partial charge < -0.3 is 20.1 Å². The number of ether oxygens (including phenoxy) is 2. The van der Waals surface area contributed by atoms with Crippen molar-refractivity contribution in [3.8, 4) is 0 Å². The van der Waals surface area contributed by atoms with Crippen LogP contribution in [0.1, 0.15) is 26.3 Å². The number of anilines is 1. The van der Waals surface area contributed by atoms with Gasteiger partial charge >= 0.3 is 12.1 Å². The van der Waals surface area contributed by atoms with Gasteiger partial charge in [0.15, 0.2) is 0 Å². The van der Waals surface area contributed by atoms with Crippen LogP contribution in [-0.4, -0.2) is 31.3 Å². The van der Waals surface area contributed by atoms with E-state index in [0.717, 1.165) is 11.3 Å². The van der Waals surface area contributed by atoms with Crippen molar-refractivity contribution in [2.75, 3.05) is 18.5 Å². The van der Waals surface area contributed by atoms with E-state index in [1.807, 2.05) is 24.3 Å². The lowest BCUT2D eigenvalue weighted by Crippen LogP contribution is -2.28. The van der Waals surface area contributed by atoms with E-state index in [2.05, 4.69) is 31.1 Å². The van der Waals surface area contributed by atoms with E-state index in [0.29, 0.717) is 11.6 Å². The highest BCUT2D eigenvalue weighted by atomic mass is 16.6. The minimum Gasteiger partial charge on any atom is -0.460 e. The fourth-order valence-corrected chi connectivity index (χ4v) is 1.65. The first-order valence-corrected chi connectivity index (χ1v) is 7.47. The Morgan fingerprint density at radius 1 is 1.17 bits per heavy atom. The number of carbonyl (C=O) groups is 2. The topological polar surface area (TPSA) is 76.7 Å². The summed E-state index contributed by atoms with van der Waals surface area (Å²) in [6.45, 7) is 9.60. The molecule has 126 valence electrons. The van der Waals surface area contributed by atoms with Gasteiger partial charge in [0.2, 0.25) is 0 Å². The van der Waals surface area contributed by atoms with Crippen molar-refractivity contribution in [1.29, 1.82) is 0 Å². The SMILES string of the molecule is C=C(C)C(=O)OCCNC(=O)OCc1ccc(NC(C)C)cc1. The van der Waals surface area contributed by atoms with Crippen molar-refractivity contribution in [3.05, 3.63) is 42.0 Å². The van der Waals surface area contributed by atoms with E-state index in [-0.39, 0.29) is 19.8 Å². The number of esters is 1. The fraction of sp³-hybridized carbons (Fsp3) is 0.412. The zero-order valence-corrected chi connectivity index (χ0v) is 13.8. The summed E-state index contributed by atoms with van der Waals surface area (Å²) in [4.78, 5) is 22.6. The van der Waals surface area contributed by atoms with E-state index in [9.17, 15) is 9.59 Å². The van der Waals surface area contributed by atoms with Gasteiger partial charge in [0, 0.05) is 17.3 Å². The molecular formula is C17H24N2O4. The van der Waals surface area contributed by atoms with E-state index in [1.165, 1.54) is 0 Å². The Kier molecular flexibility index (Phi) is 7.66. The maximum atomic E-state index is 11.5. The van der Waals surface area contributed by atoms with Gasteiger partial charge in [0.1, 0.15) is 13.2 Å². The Morgan fingerprint density at radius 3 is 2.39 bits per heavy atom. The molecule has 1 amide bonds. The number of hydrogen-bond acceptors (Lipinski definition) is 5. The van der Waals surface area contributed by atoms with Gasteiger partial charge in [-0.15, -0.1) is 0 Å². The van der Waals surface area contributed by atoms with Gasteiger partial charge in [0.25, 0.3) is 0 Å². The minimum atomic E-state index is -0.555. The molecule has 0 spiro atoms. The summed E-state index contributed by atoms with van der Waals surface area (Å²) in [7, 11) is 0. The zero-order valence-electron chi connectivity index (χ0n) is 13.8. The minimum absolute atomic E-state index is 0.0797. The number of alkyl carbamates (subject to hydrolysis) is 1. The van der Waals surface area contributed by atoms with E-state index >= 15 is 0 Å². The second-order valence-electron chi connectivity index (χ2n) is 5.42. The molecule has 0 fully saturated rings. The van der Waals surface area contributed by atoms with Crippen LogP contribution in [0.15, 0.2) is 36.4 Å². The molecule has 0 aromatic heterocycles. The molecule has 0 aliphatic rings. The molecular weight excluding hydrogens is 296 g/mol. The molecule has 1 aromatic rings. The second kappa shape index (κ2) is 9.50. The molecule has 0 bridgehead atoms. The quantitative estimate of drug-likeness (QED) is 0.437. The van der Waals surface area contributed by atoms with Crippen LogP contribution >= 0.6 is 0 Å². The summed E-state index contributed by atoms with van der Waals surface area (Å²) >= 11 is 0. The van der Waals surface area contributed by atoms with Crippen molar-refractivity contribution in [2.24, 2.45) is 0 Å². The highest BCUT2D eigenvalue weighted by Gasteiger charge is 2.05. The van der Waals surface area contributed by atoms with E-state index in [1.54, 1.807) is 6.92 Å². The third-order valence-corrected chi connectivity index (χ3v) is 2.73. The maximum absolute atomic E-state index is 11.5. The number of nitrogens with one attached hydrogen (secondary N) is 2. The molecule has 0 heterocycles. The number of amides is 1. The highest BCUT2D eigenvalue weighted by Crippen LogP contribution is 2.11. The average Bonchev–Trinajstić information content (AvgIpc) is 2.50. The van der Waals surface area contributed by atoms with Crippen LogP contribution in [0, 0.1) is 0 Å². The lowest BCUT2D eigenvalue weighted by molar-refractivity contribution is -0.138. The van der Waals surface area contributed by atoms with E-state index in [4.69, 9.17) is 9.47 Å². The van der Waals surface area contributed by atoms with Gasteiger partial charge in [-0.05, 0) is 38.5 Å². The Hall–Kier alpha value is -2.50. The molecule has 1 rings (SSSR count). The largest absolute Gasteiger partial charge is 0.460 e. The molecule has 23 heavy (non-hydrogen) atoms.